The Bertz CT molecular complexity index is 1130. The second-order valence-electron chi connectivity index (χ2n) is 12.2. The fourth-order valence-electron chi connectivity index (χ4n) is 5.28. The van der Waals surface area contributed by atoms with Gasteiger partial charge < -0.3 is 24.8 Å². The number of esters is 2. The van der Waals surface area contributed by atoms with Crippen molar-refractivity contribution in [3.8, 4) is 0 Å². The Balaban J connectivity index is 2.45. The molecule has 248 valence electrons. The molecule has 13 heteroatoms. The summed E-state index contributed by atoms with van der Waals surface area (Å²) in [4.78, 5) is 71.3. The van der Waals surface area contributed by atoms with Crippen LogP contribution in [0.5, 0.6) is 0 Å². The Morgan fingerprint density at radius 2 is 1.84 bits per heavy atom. The number of nitrogens with zero attached hydrogens (tertiary/aromatic N) is 3. The fourth-order valence-corrected chi connectivity index (χ4v) is 6.06. The molecule has 0 aliphatic carbocycles. The number of carbonyl (C=O) groups excluding carboxylic acids is 4. The molecule has 1 aromatic heterocycles. The van der Waals surface area contributed by atoms with Gasteiger partial charge in [0.25, 0.3) is 0 Å². The maximum absolute atomic E-state index is 14.5. The highest BCUT2D eigenvalue weighted by atomic mass is 32.1. The molecule has 2 amide bonds. The van der Waals surface area contributed by atoms with Crippen LogP contribution in [-0.2, 0) is 35.1 Å². The molecule has 0 radical (unpaired) electrons. The normalized spacial score (nSPS) is 18.1. The Labute approximate surface area is 264 Å². The van der Waals surface area contributed by atoms with Gasteiger partial charge in [-0.15, -0.1) is 11.3 Å². The van der Waals surface area contributed by atoms with Crippen LogP contribution < -0.4 is 5.32 Å². The molecule has 5 atom stereocenters. The van der Waals surface area contributed by atoms with Crippen LogP contribution in [0.25, 0.3) is 0 Å². The van der Waals surface area contributed by atoms with Gasteiger partial charge in [-0.3, -0.25) is 24.1 Å². The Hall–Kier alpha value is -3.06. The Kier molecular flexibility index (Phi) is 15.2. The maximum atomic E-state index is 14.5. The van der Waals surface area contributed by atoms with E-state index in [0.29, 0.717) is 30.7 Å². The summed E-state index contributed by atoms with van der Waals surface area (Å²) in [6.07, 6.45) is 4.10. The molecule has 2 N–H and O–H groups in total. The van der Waals surface area contributed by atoms with E-state index in [1.165, 1.54) is 28.5 Å². The number of nitrogens with one attached hydrogen (secondary N) is 1. The van der Waals surface area contributed by atoms with Gasteiger partial charge in [-0.2, -0.15) is 0 Å². The van der Waals surface area contributed by atoms with E-state index in [1.54, 1.807) is 0 Å². The summed E-state index contributed by atoms with van der Waals surface area (Å²) in [6, 6.07) is -1.81. The molecule has 2 rings (SSSR count). The van der Waals surface area contributed by atoms with Crippen molar-refractivity contribution in [2.45, 2.75) is 105 Å². The van der Waals surface area contributed by atoms with Gasteiger partial charge in [0, 0.05) is 37.1 Å². The molecule has 0 aromatic carbocycles. The highest BCUT2D eigenvalue weighted by molar-refractivity contribution is 7.09. The zero-order chi connectivity index (χ0) is 33.0. The average Bonchev–Trinajstić information content (AvgIpc) is 3.44. The SMILES string of the molecule is CCC(C)C(NC(=O)C1CCCCN1C)C(=O)N(COC(=O)CC(C)C)C(CCc1nc(C(=O)O)cs1)C(C)COC(C)=O. The number of ether oxygens (including phenoxy) is 2. The number of aromatic carboxylic acids is 1. The van der Waals surface area contributed by atoms with Crippen molar-refractivity contribution in [1.82, 2.24) is 20.1 Å². The van der Waals surface area contributed by atoms with E-state index >= 15 is 0 Å². The minimum Gasteiger partial charge on any atom is -0.476 e. The van der Waals surface area contributed by atoms with Crippen LogP contribution in [0.15, 0.2) is 5.38 Å². The number of carbonyl (C=O) groups is 5. The second kappa shape index (κ2) is 18.0. The largest absolute Gasteiger partial charge is 0.476 e. The number of thiazole rings is 1. The minimum absolute atomic E-state index is 0.00912. The smallest absolute Gasteiger partial charge is 0.355 e. The lowest BCUT2D eigenvalue weighted by Crippen LogP contribution is -2.59. The number of carboxylic acids is 1. The number of aryl methyl sites for hydroxylation is 1. The maximum Gasteiger partial charge on any atom is 0.355 e. The van der Waals surface area contributed by atoms with Gasteiger partial charge in [-0.05, 0) is 44.7 Å². The van der Waals surface area contributed by atoms with E-state index < -0.39 is 35.9 Å². The first-order valence-electron chi connectivity index (χ1n) is 15.5. The first-order valence-corrected chi connectivity index (χ1v) is 16.4. The van der Waals surface area contributed by atoms with Crippen molar-refractivity contribution in [3.05, 3.63) is 16.1 Å². The minimum atomic E-state index is -1.13. The van der Waals surface area contributed by atoms with Crippen molar-refractivity contribution in [3.63, 3.8) is 0 Å². The van der Waals surface area contributed by atoms with E-state index in [1.807, 2.05) is 46.6 Å². The van der Waals surface area contributed by atoms with E-state index in [2.05, 4.69) is 10.3 Å². The van der Waals surface area contributed by atoms with Crippen LogP contribution in [-0.4, -0.2) is 94.7 Å². The first kappa shape index (κ1) is 37.1. The van der Waals surface area contributed by atoms with Crippen molar-refractivity contribution in [2.24, 2.45) is 17.8 Å². The molecule has 1 saturated heterocycles. The van der Waals surface area contributed by atoms with Gasteiger partial charge in [-0.1, -0.05) is 47.5 Å². The summed E-state index contributed by atoms with van der Waals surface area (Å²) < 4.78 is 10.9. The topological polar surface area (TPSA) is 155 Å². The van der Waals surface area contributed by atoms with Crippen LogP contribution >= 0.6 is 11.3 Å². The van der Waals surface area contributed by atoms with Crippen LogP contribution in [0, 0.1) is 17.8 Å². The zero-order valence-corrected chi connectivity index (χ0v) is 28.0. The average molecular weight is 639 g/mol. The molecule has 1 fully saturated rings. The highest BCUT2D eigenvalue weighted by Gasteiger charge is 2.38. The molecule has 1 aromatic rings. The molecule has 44 heavy (non-hydrogen) atoms. The number of hydrogen-bond donors (Lipinski definition) is 2. The van der Waals surface area contributed by atoms with Crippen molar-refractivity contribution >= 4 is 41.1 Å². The number of aromatic nitrogens is 1. The van der Waals surface area contributed by atoms with E-state index in [0.717, 1.165) is 19.4 Å². The van der Waals surface area contributed by atoms with E-state index in [9.17, 15) is 29.1 Å². The Morgan fingerprint density at radius 1 is 1.14 bits per heavy atom. The third kappa shape index (κ3) is 11.5. The molecule has 0 bridgehead atoms. The number of rotatable bonds is 17. The fraction of sp³-hybridized carbons (Fsp3) is 0.742. The predicted octanol–water partition coefficient (Wildman–Crippen LogP) is 3.73. The van der Waals surface area contributed by atoms with Gasteiger partial charge in [-0.25, -0.2) is 9.78 Å². The molecule has 1 aliphatic rings. The van der Waals surface area contributed by atoms with Crippen LogP contribution in [0.4, 0.5) is 0 Å². The number of carboxylic acid groups (broad SMARTS) is 1. The predicted molar refractivity (Wildman–Crippen MR) is 166 cm³/mol. The van der Waals surface area contributed by atoms with E-state index in [4.69, 9.17) is 9.47 Å². The third-order valence-corrected chi connectivity index (χ3v) is 9.01. The van der Waals surface area contributed by atoms with E-state index in [-0.39, 0.29) is 55.2 Å². The van der Waals surface area contributed by atoms with Crippen molar-refractivity contribution in [2.75, 3.05) is 26.9 Å². The van der Waals surface area contributed by atoms with Crippen LogP contribution in [0.1, 0.15) is 95.6 Å². The quantitative estimate of drug-likeness (QED) is 0.190. The lowest BCUT2D eigenvalue weighted by Gasteiger charge is -2.39. The number of likely N-dealkylation sites (tertiary alicyclic amines) is 1. The lowest BCUT2D eigenvalue weighted by molar-refractivity contribution is -0.160. The molecule has 2 heterocycles. The van der Waals surface area contributed by atoms with Crippen molar-refractivity contribution < 1.29 is 38.6 Å². The number of hydrogen-bond acceptors (Lipinski definition) is 10. The lowest BCUT2D eigenvalue weighted by atomic mass is 9.92. The molecule has 0 spiro atoms. The monoisotopic (exact) mass is 638 g/mol. The molecular weight excluding hydrogens is 588 g/mol. The van der Waals surface area contributed by atoms with Gasteiger partial charge in [0.1, 0.15) is 6.04 Å². The van der Waals surface area contributed by atoms with Crippen LogP contribution in [0.2, 0.25) is 0 Å². The number of likely N-dealkylation sites (N-methyl/N-ethyl adjacent to an activating group) is 1. The summed E-state index contributed by atoms with van der Waals surface area (Å²) in [7, 11) is 1.91. The first-order chi connectivity index (χ1) is 20.7. The molecule has 0 saturated carbocycles. The standard InChI is InChI=1S/C31H50N4O8S/c1-8-20(4)28(33-29(38)25-11-9-10-14-34(25)7)30(39)35(18-43-27(37)15-19(2)3)24(21(5)16-42-22(6)36)12-13-26-32-23(17-44-26)31(40)41/h17,19-21,24-25,28H,8-16,18H2,1-7H3,(H,33,38)(H,40,41). The van der Waals surface area contributed by atoms with Crippen LogP contribution in [0.3, 0.4) is 0 Å². The molecule has 1 aliphatic heterocycles. The highest BCUT2D eigenvalue weighted by Crippen LogP contribution is 2.24. The zero-order valence-electron chi connectivity index (χ0n) is 27.2. The van der Waals surface area contributed by atoms with Gasteiger partial charge in [0.2, 0.25) is 11.8 Å². The van der Waals surface area contributed by atoms with Gasteiger partial charge in [0.15, 0.2) is 12.4 Å². The summed E-state index contributed by atoms with van der Waals surface area (Å²) in [5.41, 5.74) is -0.0581. The summed E-state index contributed by atoms with van der Waals surface area (Å²) in [5.74, 6) is -3.22. The van der Waals surface area contributed by atoms with Crippen molar-refractivity contribution in [1.29, 1.82) is 0 Å². The molecule has 5 unspecified atom stereocenters. The summed E-state index contributed by atoms with van der Waals surface area (Å²) >= 11 is 1.21. The molecule has 12 nitrogen and oxygen atoms in total. The Morgan fingerprint density at radius 3 is 2.41 bits per heavy atom. The molecular formula is C31H50N4O8S. The van der Waals surface area contributed by atoms with Gasteiger partial charge in [0.05, 0.1) is 17.7 Å². The summed E-state index contributed by atoms with van der Waals surface area (Å²) in [6.45, 7) is 11.2. The second-order valence-corrected chi connectivity index (χ2v) is 13.2. The summed E-state index contributed by atoms with van der Waals surface area (Å²) in [5, 5.41) is 14.4. The number of amides is 2. The third-order valence-electron chi connectivity index (χ3n) is 8.10. The van der Waals surface area contributed by atoms with Gasteiger partial charge >= 0.3 is 17.9 Å². The number of piperidine rings is 1.